The smallest absolute Gasteiger partial charge is 0.224 e. The highest BCUT2D eigenvalue weighted by molar-refractivity contribution is 5.91. The molecule has 0 aliphatic rings. The summed E-state index contributed by atoms with van der Waals surface area (Å²) in [6.07, 6.45) is 18.3. The van der Waals surface area contributed by atoms with Gasteiger partial charge in [-0.2, -0.15) is 0 Å². The maximum absolute atomic E-state index is 12.0. The molecule has 33 heavy (non-hydrogen) atoms. The first-order valence-electron chi connectivity index (χ1n) is 14.0. The van der Waals surface area contributed by atoms with Crippen molar-refractivity contribution in [1.82, 2.24) is 0 Å². The van der Waals surface area contributed by atoms with Crippen LogP contribution in [-0.4, -0.2) is 25.6 Å². The largest absolute Gasteiger partial charge is 0.491 e. The number of hydrogen-bond donors (Lipinski definition) is 1. The van der Waals surface area contributed by atoms with Crippen molar-refractivity contribution in [2.75, 3.05) is 29.9 Å². The van der Waals surface area contributed by atoms with E-state index in [1.807, 2.05) is 19.1 Å². The standard InChI is InChI=1S/C29H52N2O2/c1-5-9-12-14-16-18-22-31(23-19-17-15-13-10-6-2)27-25-26(30-29(32)8-4)20-21-28(27)33-24-11-7-3/h20-21,25H,5-19,22-24H2,1-4H3,(H,30,32). The average molecular weight is 461 g/mol. The second kappa shape index (κ2) is 19.7. The van der Waals surface area contributed by atoms with Gasteiger partial charge in [0.2, 0.25) is 5.91 Å². The van der Waals surface area contributed by atoms with Gasteiger partial charge in [-0.25, -0.2) is 0 Å². The lowest BCUT2D eigenvalue weighted by atomic mass is 10.1. The van der Waals surface area contributed by atoms with Gasteiger partial charge in [0.05, 0.1) is 12.3 Å². The van der Waals surface area contributed by atoms with Crippen LogP contribution in [-0.2, 0) is 4.79 Å². The molecule has 1 amide bonds. The van der Waals surface area contributed by atoms with Crippen LogP contribution in [0.4, 0.5) is 11.4 Å². The number of anilines is 2. The van der Waals surface area contributed by atoms with Gasteiger partial charge in [0.15, 0.2) is 0 Å². The second-order valence-corrected chi connectivity index (χ2v) is 9.31. The van der Waals surface area contributed by atoms with Crippen molar-refractivity contribution < 1.29 is 9.53 Å². The van der Waals surface area contributed by atoms with Crippen molar-refractivity contribution in [3.8, 4) is 5.75 Å². The predicted molar refractivity (Wildman–Crippen MR) is 145 cm³/mol. The van der Waals surface area contributed by atoms with Crippen LogP contribution in [0, 0.1) is 0 Å². The second-order valence-electron chi connectivity index (χ2n) is 9.31. The summed E-state index contributed by atoms with van der Waals surface area (Å²) in [7, 11) is 0. The molecule has 0 saturated heterocycles. The van der Waals surface area contributed by atoms with Crippen molar-refractivity contribution in [2.24, 2.45) is 0 Å². The van der Waals surface area contributed by atoms with Crippen LogP contribution in [0.5, 0.6) is 5.75 Å². The lowest BCUT2D eigenvalue weighted by Crippen LogP contribution is -2.26. The number of nitrogens with zero attached hydrogens (tertiary/aromatic N) is 1. The molecule has 0 fully saturated rings. The van der Waals surface area contributed by atoms with Crippen molar-refractivity contribution in [1.29, 1.82) is 0 Å². The van der Waals surface area contributed by atoms with E-state index in [2.05, 4.69) is 37.1 Å². The van der Waals surface area contributed by atoms with E-state index in [9.17, 15) is 4.79 Å². The number of hydrogen-bond acceptors (Lipinski definition) is 3. The molecule has 4 heteroatoms. The van der Waals surface area contributed by atoms with E-state index in [1.54, 1.807) is 0 Å². The van der Waals surface area contributed by atoms with E-state index in [1.165, 1.54) is 77.0 Å². The Bertz CT molecular complexity index is 602. The third kappa shape index (κ3) is 13.6. The number of nitrogens with one attached hydrogen (secondary N) is 1. The van der Waals surface area contributed by atoms with Gasteiger partial charge in [0, 0.05) is 25.2 Å². The van der Waals surface area contributed by atoms with Crippen LogP contribution in [0.1, 0.15) is 124 Å². The highest BCUT2D eigenvalue weighted by atomic mass is 16.5. The van der Waals surface area contributed by atoms with Crippen LogP contribution < -0.4 is 15.0 Å². The molecule has 1 aromatic rings. The van der Waals surface area contributed by atoms with Gasteiger partial charge in [-0.3, -0.25) is 4.79 Å². The summed E-state index contributed by atoms with van der Waals surface area (Å²) < 4.78 is 6.21. The molecule has 1 aromatic carbocycles. The van der Waals surface area contributed by atoms with E-state index in [0.717, 1.165) is 49.7 Å². The molecule has 1 rings (SSSR count). The zero-order chi connectivity index (χ0) is 24.2. The van der Waals surface area contributed by atoms with Gasteiger partial charge in [0.25, 0.3) is 0 Å². The van der Waals surface area contributed by atoms with Crippen molar-refractivity contribution in [2.45, 2.75) is 124 Å². The number of ether oxygens (including phenoxy) is 1. The zero-order valence-corrected chi connectivity index (χ0v) is 22.2. The van der Waals surface area contributed by atoms with Gasteiger partial charge >= 0.3 is 0 Å². The summed E-state index contributed by atoms with van der Waals surface area (Å²) in [4.78, 5) is 14.5. The molecule has 0 radical (unpaired) electrons. The third-order valence-corrected chi connectivity index (χ3v) is 6.22. The summed E-state index contributed by atoms with van der Waals surface area (Å²) in [6.45, 7) is 11.5. The first kappa shape index (κ1) is 29.3. The zero-order valence-electron chi connectivity index (χ0n) is 22.2. The summed E-state index contributed by atoms with van der Waals surface area (Å²) in [5, 5.41) is 3.04. The predicted octanol–water partition coefficient (Wildman–Crippen LogP) is 8.74. The Kier molecular flexibility index (Phi) is 17.5. The molecule has 0 unspecified atom stereocenters. The monoisotopic (exact) mass is 460 g/mol. The quantitative estimate of drug-likeness (QED) is 0.186. The number of carbonyl (C=O) groups is 1. The van der Waals surface area contributed by atoms with Crippen LogP contribution in [0.2, 0.25) is 0 Å². The maximum Gasteiger partial charge on any atom is 0.224 e. The molecule has 1 N–H and O–H groups in total. The van der Waals surface area contributed by atoms with Gasteiger partial charge in [-0.05, 0) is 37.5 Å². The Morgan fingerprint density at radius 1 is 0.758 bits per heavy atom. The van der Waals surface area contributed by atoms with Crippen LogP contribution in [0.3, 0.4) is 0 Å². The number of rotatable bonds is 21. The third-order valence-electron chi connectivity index (χ3n) is 6.22. The van der Waals surface area contributed by atoms with Crippen LogP contribution in [0.25, 0.3) is 0 Å². The maximum atomic E-state index is 12.0. The first-order chi connectivity index (χ1) is 16.2. The van der Waals surface area contributed by atoms with Gasteiger partial charge in [-0.15, -0.1) is 0 Å². The number of amides is 1. The molecule has 0 aromatic heterocycles. The molecule has 0 heterocycles. The summed E-state index contributed by atoms with van der Waals surface area (Å²) in [6, 6.07) is 6.15. The van der Waals surface area contributed by atoms with Gasteiger partial charge in [0.1, 0.15) is 5.75 Å². The number of benzene rings is 1. The van der Waals surface area contributed by atoms with E-state index < -0.39 is 0 Å². The van der Waals surface area contributed by atoms with E-state index in [0.29, 0.717) is 6.42 Å². The summed E-state index contributed by atoms with van der Waals surface area (Å²) in [5.41, 5.74) is 2.01. The molecule has 0 bridgehead atoms. The Hall–Kier alpha value is -1.71. The fourth-order valence-electron chi connectivity index (χ4n) is 4.06. The molecular formula is C29H52N2O2. The van der Waals surface area contributed by atoms with Crippen molar-refractivity contribution in [3.05, 3.63) is 18.2 Å². The first-order valence-corrected chi connectivity index (χ1v) is 14.0. The molecule has 0 spiro atoms. The molecule has 0 aliphatic carbocycles. The normalized spacial score (nSPS) is 10.9. The highest BCUT2D eigenvalue weighted by Crippen LogP contribution is 2.33. The van der Waals surface area contributed by atoms with E-state index >= 15 is 0 Å². The molecule has 190 valence electrons. The van der Waals surface area contributed by atoms with E-state index in [-0.39, 0.29) is 5.91 Å². The van der Waals surface area contributed by atoms with Gasteiger partial charge < -0.3 is 15.0 Å². The highest BCUT2D eigenvalue weighted by Gasteiger charge is 2.14. The fraction of sp³-hybridized carbons (Fsp3) is 0.759. The lowest BCUT2D eigenvalue weighted by Gasteiger charge is -2.28. The minimum absolute atomic E-state index is 0.0546. The summed E-state index contributed by atoms with van der Waals surface area (Å²) >= 11 is 0. The Morgan fingerprint density at radius 2 is 1.30 bits per heavy atom. The average Bonchev–Trinajstić information content (AvgIpc) is 2.83. The number of carbonyl (C=O) groups excluding carboxylic acids is 1. The van der Waals surface area contributed by atoms with Crippen molar-refractivity contribution >= 4 is 17.3 Å². The Morgan fingerprint density at radius 3 is 1.85 bits per heavy atom. The topological polar surface area (TPSA) is 41.6 Å². The van der Waals surface area contributed by atoms with Crippen molar-refractivity contribution in [3.63, 3.8) is 0 Å². The lowest BCUT2D eigenvalue weighted by molar-refractivity contribution is -0.115. The molecule has 0 saturated carbocycles. The Balaban J connectivity index is 2.91. The van der Waals surface area contributed by atoms with Crippen LogP contribution in [0.15, 0.2) is 18.2 Å². The molecule has 0 atom stereocenters. The minimum atomic E-state index is 0.0546. The SMILES string of the molecule is CCCCCCCCN(CCCCCCCC)c1cc(NC(=O)CC)ccc1OCCCC. The van der Waals surface area contributed by atoms with Crippen LogP contribution >= 0.6 is 0 Å². The molecule has 4 nitrogen and oxygen atoms in total. The number of unbranched alkanes of at least 4 members (excludes halogenated alkanes) is 11. The van der Waals surface area contributed by atoms with Gasteiger partial charge in [-0.1, -0.05) is 98.3 Å². The summed E-state index contributed by atoms with van der Waals surface area (Å²) in [5.74, 6) is 1.01. The molecule has 0 aliphatic heterocycles. The molecular weight excluding hydrogens is 408 g/mol. The fourth-order valence-corrected chi connectivity index (χ4v) is 4.06. The Labute approximate surface area is 204 Å². The van der Waals surface area contributed by atoms with E-state index in [4.69, 9.17) is 4.74 Å². The minimum Gasteiger partial charge on any atom is -0.491 e.